The van der Waals surface area contributed by atoms with E-state index in [1.807, 2.05) is 66.9 Å². The van der Waals surface area contributed by atoms with Crippen molar-refractivity contribution in [3.63, 3.8) is 0 Å². The Balaban J connectivity index is 1.57. The maximum Gasteiger partial charge on any atom is 0.245 e. The zero-order chi connectivity index (χ0) is 35.6. The number of aromatic amines is 1. The first-order valence-corrected chi connectivity index (χ1v) is 19.0. The maximum atomic E-state index is 14.4. The fourth-order valence-electron chi connectivity index (χ4n) is 6.20. The molecule has 13 heteroatoms. The SMILES string of the molecule is CN1C(=O)C(CCCCN)NC(=O)C(CCCN)NCc2ccccc2Sc2c(ccc(Br)c2Cl)CNC(=O)C1Cc1c[nH]c2ccccc12. The number of amides is 3. The van der Waals surface area contributed by atoms with Crippen molar-refractivity contribution < 1.29 is 14.4 Å². The molecular weight excluding hydrogens is 738 g/mol. The molecule has 3 aromatic carbocycles. The van der Waals surface area contributed by atoms with Crippen LogP contribution in [0.5, 0.6) is 0 Å². The van der Waals surface area contributed by atoms with Crippen molar-refractivity contribution in [2.75, 3.05) is 20.1 Å². The lowest BCUT2D eigenvalue weighted by Gasteiger charge is -2.32. The van der Waals surface area contributed by atoms with Gasteiger partial charge in [0.2, 0.25) is 17.7 Å². The summed E-state index contributed by atoms with van der Waals surface area (Å²) in [7, 11) is 1.64. The third-order valence-electron chi connectivity index (χ3n) is 9.09. The van der Waals surface area contributed by atoms with Crippen molar-refractivity contribution in [2.45, 2.75) is 79.5 Å². The van der Waals surface area contributed by atoms with E-state index < -0.39 is 18.1 Å². The molecule has 3 unspecified atom stereocenters. The van der Waals surface area contributed by atoms with Gasteiger partial charge in [-0.25, -0.2) is 0 Å². The minimum absolute atomic E-state index is 0.193. The first kappa shape index (κ1) is 37.9. The summed E-state index contributed by atoms with van der Waals surface area (Å²) in [6.45, 7) is 1.49. The molecule has 4 aromatic rings. The van der Waals surface area contributed by atoms with Gasteiger partial charge in [-0.3, -0.25) is 14.4 Å². The zero-order valence-electron chi connectivity index (χ0n) is 28.1. The molecule has 1 aromatic heterocycles. The highest BCUT2D eigenvalue weighted by Gasteiger charge is 2.34. The molecule has 1 aliphatic heterocycles. The lowest BCUT2D eigenvalue weighted by molar-refractivity contribution is -0.142. The molecule has 0 aliphatic carbocycles. The Hall–Kier alpha value is -3.39. The molecule has 0 saturated heterocycles. The van der Waals surface area contributed by atoms with Crippen molar-refractivity contribution >= 4 is 67.9 Å². The average Bonchev–Trinajstić information content (AvgIpc) is 3.54. The van der Waals surface area contributed by atoms with Crippen molar-refractivity contribution in [2.24, 2.45) is 11.5 Å². The summed E-state index contributed by atoms with van der Waals surface area (Å²) in [6, 6.07) is 17.3. The van der Waals surface area contributed by atoms with Gasteiger partial charge in [0.05, 0.1) is 11.1 Å². The highest BCUT2D eigenvalue weighted by Crippen LogP contribution is 2.41. The summed E-state index contributed by atoms with van der Waals surface area (Å²) in [6.07, 6.45) is 4.98. The quantitative estimate of drug-likeness (QED) is 0.127. The molecule has 0 saturated carbocycles. The smallest absolute Gasteiger partial charge is 0.245 e. The minimum Gasteiger partial charge on any atom is -0.361 e. The number of hydrogen-bond acceptors (Lipinski definition) is 7. The Morgan fingerprint density at radius 1 is 0.880 bits per heavy atom. The molecule has 10 nitrogen and oxygen atoms in total. The Morgan fingerprint density at radius 3 is 2.42 bits per heavy atom. The second-order valence-corrected chi connectivity index (χ2v) is 14.8. The van der Waals surface area contributed by atoms with Gasteiger partial charge in [0.25, 0.3) is 0 Å². The number of nitrogens with one attached hydrogen (secondary N) is 4. The van der Waals surface area contributed by atoms with Crippen LogP contribution in [0.3, 0.4) is 0 Å². The van der Waals surface area contributed by atoms with Crippen molar-refractivity contribution in [3.8, 4) is 0 Å². The lowest BCUT2D eigenvalue weighted by atomic mass is 10.0. The number of unbranched alkanes of at least 4 members (excludes halogenated alkanes) is 1. The minimum atomic E-state index is -0.875. The largest absolute Gasteiger partial charge is 0.361 e. The number of carbonyl (C=O) groups is 3. The van der Waals surface area contributed by atoms with E-state index in [0.717, 1.165) is 41.9 Å². The third kappa shape index (κ3) is 9.28. The van der Waals surface area contributed by atoms with Crippen molar-refractivity contribution in [1.29, 1.82) is 0 Å². The number of para-hydroxylation sites is 1. The summed E-state index contributed by atoms with van der Waals surface area (Å²) in [5.74, 6) is -0.951. The highest BCUT2D eigenvalue weighted by molar-refractivity contribution is 9.10. The van der Waals surface area contributed by atoms with Gasteiger partial charge in [-0.1, -0.05) is 65.8 Å². The van der Waals surface area contributed by atoms with E-state index >= 15 is 0 Å². The van der Waals surface area contributed by atoms with Crippen LogP contribution in [0.1, 0.15) is 48.8 Å². The summed E-state index contributed by atoms with van der Waals surface area (Å²) >= 11 is 12.0. The lowest BCUT2D eigenvalue weighted by Crippen LogP contribution is -2.57. The van der Waals surface area contributed by atoms with Crippen LogP contribution in [0, 0.1) is 0 Å². The monoisotopic (exact) mass is 781 g/mol. The van der Waals surface area contributed by atoms with Gasteiger partial charge >= 0.3 is 0 Å². The molecule has 0 bridgehead atoms. The fourth-order valence-corrected chi connectivity index (χ4v) is 8.07. The van der Waals surface area contributed by atoms with Gasteiger partial charge in [0, 0.05) is 57.9 Å². The molecule has 8 N–H and O–H groups in total. The predicted molar refractivity (Wildman–Crippen MR) is 204 cm³/mol. The number of aromatic nitrogens is 1. The van der Waals surface area contributed by atoms with Crippen LogP contribution in [0.25, 0.3) is 10.9 Å². The third-order valence-corrected chi connectivity index (χ3v) is 11.8. The molecule has 3 amide bonds. The van der Waals surface area contributed by atoms with Crippen LogP contribution in [-0.4, -0.2) is 65.9 Å². The number of carbonyl (C=O) groups excluding carboxylic acids is 3. The number of fused-ring (bicyclic) bond motifs is 3. The first-order chi connectivity index (χ1) is 24.2. The summed E-state index contributed by atoms with van der Waals surface area (Å²) in [4.78, 5) is 49.1. The molecule has 0 spiro atoms. The van der Waals surface area contributed by atoms with E-state index in [-0.39, 0.29) is 30.7 Å². The van der Waals surface area contributed by atoms with Crippen LogP contribution >= 0.6 is 39.3 Å². The van der Waals surface area contributed by atoms with E-state index in [4.69, 9.17) is 23.1 Å². The Labute approximate surface area is 311 Å². The molecular formula is C37H45BrClN7O3S. The zero-order valence-corrected chi connectivity index (χ0v) is 31.3. The molecule has 0 fully saturated rings. The average molecular weight is 783 g/mol. The molecule has 2 heterocycles. The molecule has 5 rings (SSSR count). The van der Waals surface area contributed by atoms with Crippen molar-refractivity contribution in [1.82, 2.24) is 25.8 Å². The van der Waals surface area contributed by atoms with Crippen LogP contribution in [0.4, 0.5) is 0 Å². The Bertz CT molecular complexity index is 1800. The summed E-state index contributed by atoms with van der Waals surface area (Å²) in [5.41, 5.74) is 15.3. The molecule has 3 atom stereocenters. The van der Waals surface area contributed by atoms with Gasteiger partial charge in [-0.15, -0.1) is 0 Å². The summed E-state index contributed by atoms with van der Waals surface area (Å²) < 4.78 is 0.736. The Kier molecular flexibility index (Phi) is 13.8. The number of hydrogen-bond donors (Lipinski definition) is 6. The number of benzene rings is 3. The summed E-state index contributed by atoms with van der Waals surface area (Å²) in [5, 5.41) is 11.1. The number of nitrogens with zero attached hydrogens (tertiary/aromatic N) is 1. The number of H-pyrrole nitrogens is 1. The van der Waals surface area contributed by atoms with E-state index in [9.17, 15) is 14.4 Å². The molecule has 1 aliphatic rings. The fraction of sp³-hybridized carbons (Fsp3) is 0.378. The molecule has 50 heavy (non-hydrogen) atoms. The highest BCUT2D eigenvalue weighted by atomic mass is 79.9. The van der Waals surface area contributed by atoms with Gasteiger partial charge in [0.15, 0.2) is 0 Å². The van der Waals surface area contributed by atoms with Crippen LogP contribution in [0.15, 0.2) is 81.1 Å². The molecule has 266 valence electrons. The second-order valence-electron chi connectivity index (χ2n) is 12.5. The topological polar surface area (TPSA) is 158 Å². The van der Waals surface area contributed by atoms with E-state index in [1.54, 1.807) is 7.05 Å². The first-order valence-electron chi connectivity index (χ1n) is 17.0. The van der Waals surface area contributed by atoms with Gasteiger partial charge in [0.1, 0.15) is 12.1 Å². The predicted octanol–water partition coefficient (Wildman–Crippen LogP) is 5.25. The number of rotatable bonds is 9. The normalized spacial score (nSPS) is 19.4. The number of likely N-dealkylation sites (N-methyl/N-ethyl adjacent to an activating group) is 1. The Morgan fingerprint density at radius 2 is 1.62 bits per heavy atom. The van der Waals surface area contributed by atoms with Gasteiger partial charge in [-0.05, 0) is 96.0 Å². The van der Waals surface area contributed by atoms with Crippen LogP contribution in [-0.2, 0) is 33.9 Å². The van der Waals surface area contributed by atoms with E-state index in [2.05, 4.69) is 36.9 Å². The van der Waals surface area contributed by atoms with Gasteiger partial charge < -0.3 is 37.3 Å². The van der Waals surface area contributed by atoms with Crippen LogP contribution < -0.4 is 27.4 Å². The van der Waals surface area contributed by atoms with Crippen LogP contribution in [0.2, 0.25) is 5.02 Å². The van der Waals surface area contributed by atoms with E-state index in [1.165, 1.54) is 16.7 Å². The van der Waals surface area contributed by atoms with E-state index in [0.29, 0.717) is 56.8 Å². The number of halogens is 2. The molecule has 0 radical (unpaired) electrons. The van der Waals surface area contributed by atoms with Crippen molar-refractivity contribution in [3.05, 3.63) is 93.0 Å². The second kappa shape index (κ2) is 18.2. The standard InChI is InChI=1S/C37H45BrClN7O3S/c1-46-31(19-25-22-42-28-11-4-3-10-26(25)28)36(48)44-21-24-15-16-27(38)33(39)34(24)50-32-14-5-2-9-23(32)20-43-29(13-8-18-41)35(47)45-30(37(46)49)12-6-7-17-40/h2-5,9-11,14-16,22,29-31,42-43H,6-8,12-13,17-21,40-41H2,1H3,(H,44,48)(H,45,47). The van der Waals surface area contributed by atoms with Gasteiger partial charge in [-0.2, -0.15) is 0 Å². The number of nitrogens with two attached hydrogens (primary N) is 2. The maximum absolute atomic E-state index is 14.4.